The number of alkyl halides is 1. The molecule has 2 rings (SSSR count). The Bertz CT molecular complexity index is 1080. The fraction of sp³-hybridized carbons (Fsp3) is 0.429. The summed E-state index contributed by atoms with van der Waals surface area (Å²) in [6, 6.07) is 7.35. The van der Waals surface area contributed by atoms with Crippen molar-refractivity contribution in [2.75, 3.05) is 26.6 Å². The summed E-state index contributed by atoms with van der Waals surface area (Å²) >= 11 is 5.72. The molecule has 15 heteroatoms. The number of benzene rings is 1. The first kappa shape index (κ1) is 29.1. The van der Waals surface area contributed by atoms with Gasteiger partial charge in [0.25, 0.3) is 0 Å². The van der Waals surface area contributed by atoms with E-state index in [1.54, 1.807) is 19.2 Å². The Morgan fingerprint density at radius 3 is 2.50 bits per heavy atom. The Balaban J connectivity index is 2.14. The van der Waals surface area contributed by atoms with Crippen LogP contribution in [0.5, 0.6) is 5.75 Å². The summed E-state index contributed by atoms with van der Waals surface area (Å²) in [6.45, 7) is -0.0115. The first-order valence-electron chi connectivity index (χ1n) is 10.7. The summed E-state index contributed by atoms with van der Waals surface area (Å²) in [5.74, 6) is -1.02. The maximum Gasteiger partial charge on any atom is 0.461 e. The number of carboxylic acids is 1. The number of nitro groups is 1. The molecule has 0 aliphatic carbocycles. The smallest absolute Gasteiger partial charge is 0.461 e. The van der Waals surface area contributed by atoms with Crippen LogP contribution in [0.25, 0.3) is 0 Å². The number of hydrogen-bond acceptors (Lipinski definition) is 9. The summed E-state index contributed by atoms with van der Waals surface area (Å²) in [7, 11) is -1.27. The van der Waals surface area contributed by atoms with E-state index in [1.807, 2.05) is 0 Å². The number of aliphatic carboxylic acids is 1. The average Bonchev–Trinajstić information content (AvgIpc) is 3.33. The number of carbonyl (C=O) groups is 2. The largest absolute Gasteiger partial charge is 0.480 e. The first-order valence-corrected chi connectivity index (χ1v) is 12.7. The number of carbonyl (C=O) groups excluding carboxylic acids is 1. The topological polar surface area (TPSA) is 171 Å². The van der Waals surface area contributed by atoms with Crippen molar-refractivity contribution in [3.8, 4) is 5.75 Å². The minimum absolute atomic E-state index is 0.0333. The van der Waals surface area contributed by atoms with Gasteiger partial charge in [0.1, 0.15) is 29.1 Å². The minimum Gasteiger partial charge on any atom is -0.480 e. The third-order valence-corrected chi connectivity index (χ3v) is 7.04. The minimum atomic E-state index is -3.94. The third-order valence-electron chi connectivity index (χ3n) is 4.84. The molecule has 0 bridgehead atoms. The molecule has 0 aliphatic heterocycles. The maximum absolute atomic E-state index is 13.6. The predicted octanol–water partition coefficient (Wildman–Crippen LogP) is 4.19. The second kappa shape index (κ2) is 13.8. The highest BCUT2D eigenvalue weighted by Gasteiger charge is 2.33. The Kier molecular flexibility index (Phi) is 11.2. The molecule has 2 N–H and O–H groups in total. The number of carboxylic acid groups (broad SMARTS) is 1. The second-order valence-corrected chi connectivity index (χ2v) is 9.92. The molecule has 1 aromatic heterocycles. The lowest BCUT2D eigenvalue weighted by atomic mass is 10.1. The number of methoxy groups -OCH3 is 1. The van der Waals surface area contributed by atoms with Gasteiger partial charge in [-0.25, -0.2) is 18.8 Å². The molecule has 2 aromatic rings. The van der Waals surface area contributed by atoms with E-state index < -0.39 is 36.7 Å². The number of nitrogens with zero attached hydrogens (tertiary/aromatic N) is 2. The van der Waals surface area contributed by atoms with Crippen molar-refractivity contribution in [3.05, 3.63) is 57.8 Å². The zero-order chi connectivity index (χ0) is 26.7. The lowest BCUT2D eigenvalue weighted by Gasteiger charge is -2.27. The van der Waals surface area contributed by atoms with Gasteiger partial charge in [-0.15, -0.1) is 11.6 Å². The van der Waals surface area contributed by atoms with Crippen molar-refractivity contribution < 1.29 is 42.4 Å². The number of ether oxygens (including phenoxy) is 1. The second-order valence-electron chi connectivity index (χ2n) is 7.48. The Labute approximate surface area is 212 Å². The van der Waals surface area contributed by atoms with Crippen molar-refractivity contribution in [2.24, 2.45) is 0 Å². The fourth-order valence-corrected chi connectivity index (χ4v) is 4.54. The Morgan fingerprint density at radius 2 is 1.94 bits per heavy atom. The Hall–Kier alpha value is -3.12. The number of furan rings is 1. The van der Waals surface area contributed by atoms with E-state index >= 15 is 0 Å². The summed E-state index contributed by atoms with van der Waals surface area (Å²) in [5.41, 5.74) is 0.556. The van der Waals surface area contributed by atoms with Gasteiger partial charge in [0, 0.05) is 18.8 Å². The Morgan fingerprint density at radius 1 is 1.25 bits per heavy atom. The van der Waals surface area contributed by atoms with Gasteiger partial charge in [-0.2, -0.15) is 0 Å². The van der Waals surface area contributed by atoms with Crippen molar-refractivity contribution in [2.45, 2.75) is 31.9 Å². The van der Waals surface area contributed by atoms with Crippen LogP contribution in [0, 0.1) is 10.1 Å². The fourth-order valence-electron chi connectivity index (χ4n) is 2.90. The van der Waals surface area contributed by atoms with E-state index in [-0.39, 0.29) is 24.5 Å². The van der Waals surface area contributed by atoms with E-state index in [0.29, 0.717) is 30.8 Å². The highest BCUT2D eigenvalue weighted by Crippen LogP contribution is 2.52. The molecule has 0 spiro atoms. The standard InChI is InChI=1S/C21H27ClN3O10P/c1-24(12-4-3-11-22)36(31,33-14-17-9-10-19(34-17)25(29)30)35-16-7-5-15(6-8-16)13-18(20(26)27)23-21(28)32-2/h5-10,18H,3-4,11-14H2,1-2H3,(H,23,28)(H,26,27). The molecule has 0 aliphatic rings. The predicted molar refractivity (Wildman–Crippen MR) is 128 cm³/mol. The lowest BCUT2D eigenvalue weighted by Crippen LogP contribution is -2.42. The average molecular weight is 548 g/mol. The van der Waals surface area contributed by atoms with Gasteiger partial charge in [0.05, 0.1) is 13.2 Å². The van der Waals surface area contributed by atoms with Gasteiger partial charge < -0.3 is 24.1 Å². The summed E-state index contributed by atoms with van der Waals surface area (Å²) in [5, 5.41) is 22.4. The molecule has 1 amide bonds. The molecule has 1 heterocycles. The van der Waals surface area contributed by atoms with Crippen molar-refractivity contribution in [1.82, 2.24) is 9.99 Å². The van der Waals surface area contributed by atoms with Crippen LogP contribution in [0.15, 0.2) is 40.8 Å². The van der Waals surface area contributed by atoms with Crippen molar-refractivity contribution in [1.29, 1.82) is 0 Å². The highest BCUT2D eigenvalue weighted by atomic mass is 35.5. The van der Waals surface area contributed by atoms with E-state index in [2.05, 4.69) is 10.1 Å². The van der Waals surface area contributed by atoms with Gasteiger partial charge in [-0.1, -0.05) is 12.1 Å². The number of nitrogens with one attached hydrogen (secondary N) is 1. The normalized spacial score (nSPS) is 13.6. The molecular formula is C21H27ClN3O10P. The van der Waals surface area contributed by atoms with Gasteiger partial charge in [-0.3, -0.25) is 14.6 Å². The molecule has 198 valence electrons. The van der Waals surface area contributed by atoms with Crippen LogP contribution in [0.3, 0.4) is 0 Å². The number of rotatable bonds is 15. The number of halogens is 1. The lowest BCUT2D eigenvalue weighted by molar-refractivity contribution is -0.402. The van der Waals surface area contributed by atoms with Gasteiger partial charge in [0.2, 0.25) is 0 Å². The molecule has 13 nitrogen and oxygen atoms in total. The SMILES string of the molecule is COC(=O)NC(Cc1ccc(OP(=O)(OCc2ccc([N+](=O)[O-])o2)N(C)CCCCCl)cc1)C(=O)O. The van der Waals surface area contributed by atoms with Gasteiger partial charge in [-0.05, 0) is 43.7 Å². The number of unbranched alkanes of at least 4 members (excludes halogenated alkanes) is 1. The van der Waals surface area contributed by atoms with Crippen LogP contribution < -0.4 is 9.84 Å². The van der Waals surface area contributed by atoms with Crippen molar-refractivity contribution in [3.63, 3.8) is 0 Å². The molecule has 1 aromatic carbocycles. The van der Waals surface area contributed by atoms with E-state index in [4.69, 9.17) is 25.1 Å². The van der Waals surface area contributed by atoms with Gasteiger partial charge in [0.15, 0.2) is 0 Å². The summed E-state index contributed by atoms with van der Waals surface area (Å²) in [6.07, 6.45) is 0.384. The van der Waals surface area contributed by atoms with Crippen molar-refractivity contribution >= 4 is 37.3 Å². The molecule has 0 fully saturated rings. The quantitative estimate of drug-likeness (QED) is 0.108. The van der Waals surface area contributed by atoms with E-state index in [9.17, 15) is 29.4 Å². The van der Waals surface area contributed by atoms with Crippen LogP contribution >= 0.6 is 19.3 Å². The molecule has 0 radical (unpaired) electrons. The molecular weight excluding hydrogens is 521 g/mol. The first-order chi connectivity index (χ1) is 17.1. The number of amides is 1. The van der Waals surface area contributed by atoms with E-state index in [1.165, 1.54) is 22.9 Å². The molecule has 2 atom stereocenters. The zero-order valence-corrected chi connectivity index (χ0v) is 21.3. The van der Waals surface area contributed by atoms with E-state index in [0.717, 1.165) is 13.2 Å². The molecule has 2 unspecified atom stereocenters. The summed E-state index contributed by atoms with van der Waals surface area (Å²) in [4.78, 5) is 32.9. The van der Waals surface area contributed by atoms with Crippen LogP contribution in [-0.2, 0) is 31.6 Å². The molecule has 0 saturated heterocycles. The van der Waals surface area contributed by atoms with Crippen LogP contribution in [0.2, 0.25) is 0 Å². The number of alkyl carbamates (subject to hydrolysis) is 1. The molecule has 0 saturated carbocycles. The van der Waals surface area contributed by atoms with Gasteiger partial charge >= 0.3 is 25.7 Å². The zero-order valence-electron chi connectivity index (χ0n) is 19.6. The van der Waals surface area contributed by atoms with Crippen LogP contribution in [0.1, 0.15) is 24.2 Å². The van der Waals surface area contributed by atoms with Crippen LogP contribution in [0.4, 0.5) is 10.7 Å². The molecule has 36 heavy (non-hydrogen) atoms. The van der Waals surface area contributed by atoms with Crippen LogP contribution in [-0.4, -0.2) is 59.4 Å². The number of hydrogen-bond donors (Lipinski definition) is 2. The monoisotopic (exact) mass is 547 g/mol. The summed E-state index contributed by atoms with van der Waals surface area (Å²) < 4.78 is 35.8. The maximum atomic E-state index is 13.6. The highest BCUT2D eigenvalue weighted by molar-refractivity contribution is 7.51. The third kappa shape index (κ3) is 8.83.